The summed E-state index contributed by atoms with van der Waals surface area (Å²) in [6.45, 7) is 7.38. The molecular weight excluding hydrogens is 462 g/mol. The van der Waals surface area contributed by atoms with Crippen molar-refractivity contribution in [1.29, 1.82) is 0 Å². The van der Waals surface area contributed by atoms with Crippen molar-refractivity contribution < 1.29 is 13.2 Å². The third-order valence-electron chi connectivity index (χ3n) is 6.88. The first-order valence-corrected chi connectivity index (χ1v) is 13.3. The summed E-state index contributed by atoms with van der Waals surface area (Å²) in [7, 11) is -3.62. The number of anilines is 2. The van der Waals surface area contributed by atoms with Crippen LogP contribution in [-0.4, -0.2) is 61.0 Å². The number of fused-ring (bicyclic) bond motifs is 1. The molecule has 1 fully saturated rings. The maximum absolute atomic E-state index is 13.4. The van der Waals surface area contributed by atoms with Crippen LogP contribution in [0.25, 0.3) is 11.3 Å². The Kier molecular flexibility index (Phi) is 6.06. The lowest BCUT2D eigenvalue weighted by atomic mass is 10.1. The molecule has 2 aliphatic rings. The molecular formula is C26H29N5O3S. The van der Waals surface area contributed by atoms with Crippen molar-refractivity contribution >= 4 is 27.4 Å². The van der Waals surface area contributed by atoms with E-state index in [0.717, 1.165) is 33.9 Å². The summed E-state index contributed by atoms with van der Waals surface area (Å²) < 4.78 is 28.2. The van der Waals surface area contributed by atoms with E-state index in [4.69, 9.17) is 0 Å². The van der Waals surface area contributed by atoms with Crippen molar-refractivity contribution in [2.24, 2.45) is 0 Å². The zero-order valence-corrected chi connectivity index (χ0v) is 21.0. The van der Waals surface area contributed by atoms with E-state index >= 15 is 0 Å². The third kappa shape index (κ3) is 4.30. The molecule has 5 rings (SSSR count). The van der Waals surface area contributed by atoms with Crippen LogP contribution in [0.4, 0.5) is 11.5 Å². The second-order valence-corrected chi connectivity index (χ2v) is 11.2. The lowest BCUT2D eigenvalue weighted by Crippen LogP contribution is -2.49. The van der Waals surface area contributed by atoms with Gasteiger partial charge in [-0.15, -0.1) is 10.2 Å². The molecule has 1 atom stereocenters. The van der Waals surface area contributed by atoms with Crippen molar-refractivity contribution in [3.8, 4) is 11.3 Å². The average Bonchev–Trinajstić information content (AvgIpc) is 3.20. The summed E-state index contributed by atoms with van der Waals surface area (Å²) in [6, 6.07) is 17.1. The van der Waals surface area contributed by atoms with Gasteiger partial charge in [-0.2, -0.15) is 4.31 Å². The molecule has 0 unspecified atom stereocenters. The van der Waals surface area contributed by atoms with Crippen LogP contribution >= 0.6 is 0 Å². The monoisotopic (exact) mass is 491 g/mol. The second kappa shape index (κ2) is 9.05. The van der Waals surface area contributed by atoms with Gasteiger partial charge < -0.3 is 9.80 Å². The number of sulfonamides is 1. The zero-order valence-electron chi connectivity index (χ0n) is 20.2. The number of carbonyl (C=O) groups excluding carboxylic acids is 1. The minimum atomic E-state index is -3.62. The van der Waals surface area contributed by atoms with Crippen molar-refractivity contribution in [3.05, 3.63) is 65.7 Å². The van der Waals surface area contributed by atoms with Crippen LogP contribution < -0.4 is 9.80 Å². The van der Waals surface area contributed by atoms with Gasteiger partial charge >= 0.3 is 0 Å². The molecule has 1 saturated heterocycles. The van der Waals surface area contributed by atoms with Gasteiger partial charge in [0.1, 0.15) is 0 Å². The smallest absolute Gasteiger partial charge is 0.243 e. The Morgan fingerprint density at radius 2 is 1.71 bits per heavy atom. The van der Waals surface area contributed by atoms with Gasteiger partial charge in [-0.1, -0.05) is 24.3 Å². The maximum atomic E-state index is 13.4. The summed E-state index contributed by atoms with van der Waals surface area (Å²) in [5, 5.41) is 8.82. The number of aryl methyl sites for hydroxylation is 1. The molecule has 3 heterocycles. The van der Waals surface area contributed by atoms with Crippen LogP contribution in [0.15, 0.2) is 59.5 Å². The molecule has 0 bridgehead atoms. The van der Waals surface area contributed by atoms with Crippen LogP contribution in [0, 0.1) is 6.92 Å². The van der Waals surface area contributed by atoms with Crippen molar-refractivity contribution in [3.63, 3.8) is 0 Å². The van der Waals surface area contributed by atoms with E-state index < -0.39 is 10.0 Å². The molecule has 3 aromatic rings. The third-order valence-corrected chi connectivity index (χ3v) is 8.77. The van der Waals surface area contributed by atoms with Gasteiger partial charge in [-0.05, 0) is 61.7 Å². The largest absolute Gasteiger partial charge is 0.352 e. The Bertz CT molecular complexity index is 1370. The standard InChI is InChI=1S/C26H29N5O3S/c1-18-6-4-5-7-23(18)24-9-11-26(28-27-24)29-12-14-30(15-13-29)35(33,34)22-8-10-25-21(17-22)16-19(2)31(25)20(3)32/h4-11,17,19H,12-16H2,1-3H3/t19-/m1/s1. The Balaban J connectivity index is 1.28. The number of nitrogens with zero attached hydrogens (tertiary/aromatic N) is 5. The highest BCUT2D eigenvalue weighted by molar-refractivity contribution is 7.89. The molecule has 35 heavy (non-hydrogen) atoms. The molecule has 0 N–H and O–H groups in total. The number of hydrogen-bond acceptors (Lipinski definition) is 6. The predicted molar refractivity (Wildman–Crippen MR) is 136 cm³/mol. The molecule has 1 amide bonds. The predicted octanol–water partition coefficient (Wildman–Crippen LogP) is 3.26. The van der Waals surface area contributed by atoms with E-state index in [1.54, 1.807) is 23.1 Å². The SMILES string of the molecule is CC(=O)N1c2ccc(S(=O)(=O)N3CCN(c4ccc(-c5ccccc5C)nn4)CC3)cc2C[C@H]1C. The molecule has 2 aromatic carbocycles. The van der Waals surface area contributed by atoms with E-state index in [9.17, 15) is 13.2 Å². The van der Waals surface area contributed by atoms with Crippen LogP contribution in [0.1, 0.15) is 25.0 Å². The summed E-state index contributed by atoms with van der Waals surface area (Å²) in [5.41, 5.74) is 4.72. The fourth-order valence-electron chi connectivity index (χ4n) is 5.05. The molecule has 0 radical (unpaired) electrons. The highest BCUT2D eigenvalue weighted by Gasteiger charge is 2.33. The lowest BCUT2D eigenvalue weighted by molar-refractivity contribution is -0.116. The van der Waals surface area contributed by atoms with Gasteiger partial charge in [-0.25, -0.2) is 8.42 Å². The number of piperazine rings is 1. The van der Waals surface area contributed by atoms with Crippen LogP contribution in [0.3, 0.4) is 0 Å². The highest BCUT2D eigenvalue weighted by atomic mass is 32.2. The number of benzene rings is 2. The fraction of sp³-hybridized carbons (Fsp3) is 0.346. The molecule has 0 aliphatic carbocycles. The van der Waals surface area contributed by atoms with Gasteiger partial charge in [0.2, 0.25) is 15.9 Å². The molecule has 182 valence electrons. The molecule has 8 nitrogen and oxygen atoms in total. The molecule has 0 saturated carbocycles. The van der Waals surface area contributed by atoms with E-state index in [0.29, 0.717) is 32.6 Å². The summed E-state index contributed by atoms with van der Waals surface area (Å²) in [6.07, 6.45) is 0.656. The van der Waals surface area contributed by atoms with Crippen molar-refractivity contribution in [2.75, 3.05) is 36.0 Å². The highest BCUT2D eigenvalue weighted by Crippen LogP contribution is 2.34. The zero-order chi connectivity index (χ0) is 24.7. The number of rotatable bonds is 4. The Morgan fingerprint density at radius 3 is 2.37 bits per heavy atom. The van der Waals surface area contributed by atoms with Gasteiger partial charge in [0, 0.05) is 50.4 Å². The number of amides is 1. The van der Waals surface area contributed by atoms with Crippen molar-refractivity contribution in [2.45, 2.75) is 38.1 Å². The van der Waals surface area contributed by atoms with Crippen LogP contribution in [-0.2, 0) is 21.2 Å². The number of aromatic nitrogens is 2. The fourth-order valence-corrected chi connectivity index (χ4v) is 6.53. The van der Waals surface area contributed by atoms with E-state index in [1.807, 2.05) is 50.2 Å². The van der Waals surface area contributed by atoms with Crippen LogP contribution in [0.2, 0.25) is 0 Å². The Hall–Kier alpha value is -3.30. The van der Waals surface area contributed by atoms with E-state index in [1.165, 1.54) is 11.2 Å². The van der Waals surface area contributed by atoms with E-state index in [2.05, 4.69) is 15.1 Å². The van der Waals surface area contributed by atoms with E-state index in [-0.39, 0.29) is 16.8 Å². The first kappa shape index (κ1) is 23.4. The summed E-state index contributed by atoms with van der Waals surface area (Å²) in [5.74, 6) is 0.716. The lowest BCUT2D eigenvalue weighted by Gasteiger charge is -2.34. The molecule has 2 aliphatic heterocycles. The molecule has 9 heteroatoms. The average molecular weight is 492 g/mol. The van der Waals surface area contributed by atoms with Crippen LogP contribution in [0.5, 0.6) is 0 Å². The van der Waals surface area contributed by atoms with Gasteiger partial charge in [0.25, 0.3) is 0 Å². The Labute approximate surface area is 206 Å². The first-order chi connectivity index (χ1) is 16.8. The maximum Gasteiger partial charge on any atom is 0.243 e. The van der Waals surface area contributed by atoms with Gasteiger partial charge in [0.05, 0.1) is 10.6 Å². The quantitative estimate of drug-likeness (QED) is 0.557. The van der Waals surface area contributed by atoms with Crippen molar-refractivity contribution in [1.82, 2.24) is 14.5 Å². The topological polar surface area (TPSA) is 86.7 Å². The normalized spacial score (nSPS) is 18.5. The van der Waals surface area contributed by atoms with Gasteiger partial charge in [-0.3, -0.25) is 4.79 Å². The second-order valence-electron chi connectivity index (χ2n) is 9.22. The summed E-state index contributed by atoms with van der Waals surface area (Å²) in [4.78, 5) is 16.1. The minimum absolute atomic E-state index is 0.0296. The molecule has 1 aromatic heterocycles. The molecule has 0 spiro atoms. The first-order valence-electron chi connectivity index (χ1n) is 11.8. The number of hydrogen-bond donors (Lipinski definition) is 0. The number of carbonyl (C=O) groups is 1. The summed E-state index contributed by atoms with van der Waals surface area (Å²) >= 11 is 0. The van der Waals surface area contributed by atoms with Gasteiger partial charge in [0.15, 0.2) is 5.82 Å². The Morgan fingerprint density at radius 1 is 0.971 bits per heavy atom. The minimum Gasteiger partial charge on any atom is -0.352 e.